The van der Waals surface area contributed by atoms with Crippen LogP contribution in [0.25, 0.3) is 11.1 Å². The maximum absolute atomic E-state index is 13.3. The summed E-state index contributed by atoms with van der Waals surface area (Å²) in [5.74, 6) is -2.34. The van der Waals surface area contributed by atoms with Gasteiger partial charge in [0.05, 0.1) is 17.7 Å². The molecule has 9 nitrogen and oxygen atoms in total. The highest BCUT2D eigenvalue weighted by molar-refractivity contribution is 6.20. The molecule has 2 heterocycles. The lowest BCUT2D eigenvalue weighted by Crippen LogP contribution is -2.51. The molecule has 1 atom stereocenters. The van der Waals surface area contributed by atoms with Crippen molar-refractivity contribution in [3.05, 3.63) is 95.1 Å². The van der Waals surface area contributed by atoms with E-state index < -0.39 is 29.3 Å². The van der Waals surface area contributed by atoms with Crippen LogP contribution in [0.1, 0.15) is 50.6 Å². The molecular formula is C30H26N2O7. The molecule has 0 spiro atoms. The molecule has 0 bridgehead atoms. The molecule has 0 aromatic heterocycles. The molecular weight excluding hydrogens is 500 g/mol. The minimum absolute atomic E-state index is 0.0291. The standard InChI is InChI=1S/C30H26N2O7/c33-26-23-12-5-6-13-24(23)27(34)32(26)39-28(35)30(14-7-15-37-18-30)17-31-29(36)38-16-25-21-10-3-1-8-19(21)20-9-2-4-11-22(20)25/h1-6,8-13,25H,7,14-18H2,(H,31,36). The van der Waals surface area contributed by atoms with E-state index in [2.05, 4.69) is 17.4 Å². The van der Waals surface area contributed by atoms with Crippen molar-refractivity contribution in [3.63, 3.8) is 0 Å². The largest absolute Gasteiger partial charge is 0.449 e. The van der Waals surface area contributed by atoms with Crippen molar-refractivity contribution < 1.29 is 33.5 Å². The summed E-state index contributed by atoms with van der Waals surface area (Å²) in [6.45, 7) is 0.417. The summed E-state index contributed by atoms with van der Waals surface area (Å²) in [5.41, 5.74) is 3.48. The molecule has 3 aromatic carbocycles. The second-order valence-corrected chi connectivity index (χ2v) is 9.94. The topological polar surface area (TPSA) is 111 Å². The molecule has 1 N–H and O–H groups in total. The number of ether oxygens (including phenoxy) is 2. The number of alkyl carbamates (subject to hydrolysis) is 1. The quantitative estimate of drug-likeness (QED) is 0.482. The van der Waals surface area contributed by atoms with Gasteiger partial charge < -0.3 is 19.6 Å². The van der Waals surface area contributed by atoms with E-state index in [-0.39, 0.29) is 36.8 Å². The van der Waals surface area contributed by atoms with E-state index in [4.69, 9.17) is 14.3 Å². The number of imide groups is 1. The van der Waals surface area contributed by atoms with Gasteiger partial charge in [-0.25, -0.2) is 9.59 Å². The third-order valence-corrected chi connectivity index (χ3v) is 7.60. The van der Waals surface area contributed by atoms with Crippen molar-refractivity contribution in [1.29, 1.82) is 0 Å². The van der Waals surface area contributed by atoms with Gasteiger partial charge >= 0.3 is 12.1 Å². The third-order valence-electron chi connectivity index (χ3n) is 7.60. The molecule has 1 unspecified atom stereocenters. The molecule has 3 aromatic rings. The van der Waals surface area contributed by atoms with Crippen molar-refractivity contribution >= 4 is 23.9 Å². The molecule has 0 saturated carbocycles. The zero-order valence-electron chi connectivity index (χ0n) is 21.1. The molecule has 2 aliphatic heterocycles. The summed E-state index contributed by atoms with van der Waals surface area (Å²) >= 11 is 0. The fourth-order valence-electron chi connectivity index (χ4n) is 5.55. The molecule has 198 valence electrons. The van der Waals surface area contributed by atoms with Crippen molar-refractivity contribution in [2.75, 3.05) is 26.4 Å². The van der Waals surface area contributed by atoms with Gasteiger partial charge in [-0.05, 0) is 47.2 Å². The van der Waals surface area contributed by atoms with Crippen LogP contribution in [0.4, 0.5) is 4.79 Å². The van der Waals surface area contributed by atoms with Crippen LogP contribution in [-0.4, -0.2) is 55.3 Å². The zero-order valence-corrected chi connectivity index (χ0v) is 21.1. The van der Waals surface area contributed by atoms with E-state index in [0.717, 1.165) is 22.3 Å². The summed E-state index contributed by atoms with van der Waals surface area (Å²) in [5, 5.41) is 3.16. The summed E-state index contributed by atoms with van der Waals surface area (Å²) in [6, 6.07) is 22.3. The highest BCUT2D eigenvalue weighted by Gasteiger charge is 2.47. The Hall–Kier alpha value is -4.50. The van der Waals surface area contributed by atoms with Crippen LogP contribution in [0.5, 0.6) is 0 Å². The average Bonchev–Trinajstić information content (AvgIpc) is 3.42. The van der Waals surface area contributed by atoms with E-state index in [1.54, 1.807) is 12.1 Å². The highest BCUT2D eigenvalue weighted by Crippen LogP contribution is 2.44. The van der Waals surface area contributed by atoms with Gasteiger partial charge in [0.25, 0.3) is 11.8 Å². The first kappa shape index (κ1) is 24.8. The molecule has 39 heavy (non-hydrogen) atoms. The van der Waals surface area contributed by atoms with Gasteiger partial charge in [0, 0.05) is 19.1 Å². The number of nitrogens with one attached hydrogen (secondary N) is 1. The fourth-order valence-corrected chi connectivity index (χ4v) is 5.55. The Morgan fingerprint density at radius 3 is 2.00 bits per heavy atom. The number of nitrogens with zero attached hydrogens (tertiary/aromatic N) is 1. The van der Waals surface area contributed by atoms with Gasteiger partial charge in [0.1, 0.15) is 12.0 Å². The van der Waals surface area contributed by atoms with Gasteiger partial charge in [-0.1, -0.05) is 65.7 Å². The number of hydrogen-bond donors (Lipinski definition) is 1. The molecule has 1 fully saturated rings. The second kappa shape index (κ2) is 9.99. The van der Waals surface area contributed by atoms with E-state index >= 15 is 0 Å². The maximum Gasteiger partial charge on any atom is 0.407 e. The number of hydroxylamine groups is 2. The van der Waals surface area contributed by atoms with Gasteiger partial charge in [0.2, 0.25) is 0 Å². The summed E-state index contributed by atoms with van der Waals surface area (Å²) in [6.07, 6.45) is 0.206. The van der Waals surface area contributed by atoms with Crippen LogP contribution in [-0.2, 0) is 19.1 Å². The lowest BCUT2D eigenvalue weighted by Gasteiger charge is -2.34. The summed E-state index contributed by atoms with van der Waals surface area (Å²) in [7, 11) is 0. The maximum atomic E-state index is 13.3. The number of benzene rings is 3. The highest BCUT2D eigenvalue weighted by atomic mass is 16.7. The normalized spacial score (nSPS) is 19.7. The van der Waals surface area contributed by atoms with Crippen LogP contribution in [0.15, 0.2) is 72.8 Å². The number of amides is 3. The summed E-state index contributed by atoms with van der Waals surface area (Å²) < 4.78 is 11.2. The lowest BCUT2D eigenvalue weighted by atomic mass is 9.82. The van der Waals surface area contributed by atoms with Crippen LogP contribution >= 0.6 is 0 Å². The fraction of sp³-hybridized carbons (Fsp3) is 0.267. The first-order valence-corrected chi connectivity index (χ1v) is 12.9. The number of fused-ring (bicyclic) bond motifs is 4. The van der Waals surface area contributed by atoms with E-state index in [9.17, 15) is 19.2 Å². The minimum Gasteiger partial charge on any atom is -0.449 e. The first-order valence-electron chi connectivity index (χ1n) is 12.9. The number of carbonyl (C=O) groups is 4. The van der Waals surface area contributed by atoms with Crippen molar-refractivity contribution in [2.24, 2.45) is 5.41 Å². The van der Waals surface area contributed by atoms with Crippen molar-refractivity contribution in [3.8, 4) is 11.1 Å². The molecule has 3 aliphatic rings. The van der Waals surface area contributed by atoms with E-state index in [0.29, 0.717) is 24.5 Å². The lowest BCUT2D eigenvalue weighted by molar-refractivity contribution is -0.188. The second-order valence-electron chi connectivity index (χ2n) is 9.94. The van der Waals surface area contributed by atoms with Crippen LogP contribution < -0.4 is 5.32 Å². The Morgan fingerprint density at radius 1 is 0.872 bits per heavy atom. The predicted molar refractivity (Wildman–Crippen MR) is 139 cm³/mol. The van der Waals surface area contributed by atoms with Crippen LogP contribution in [0.3, 0.4) is 0 Å². The van der Waals surface area contributed by atoms with Gasteiger partial charge in [-0.15, -0.1) is 0 Å². The number of hydrogen-bond acceptors (Lipinski definition) is 7. The predicted octanol–water partition coefficient (Wildman–Crippen LogP) is 4.08. The van der Waals surface area contributed by atoms with Crippen molar-refractivity contribution in [1.82, 2.24) is 10.4 Å². The zero-order chi connectivity index (χ0) is 27.0. The number of carbonyl (C=O) groups excluding carboxylic acids is 4. The Kier molecular flexibility index (Phi) is 6.36. The van der Waals surface area contributed by atoms with Gasteiger partial charge in [-0.3, -0.25) is 9.59 Å². The summed E-state index contributed by atoms with van der Waals surface area (Å²) in [4.78, 5) is 56.8. The molecule has 9 heteroatoms. The van der Waals surface area contributed by atoms with Crippen LogP contribution in [0, 0.1) is 5.41 Å². The van der Waals surface area contributed by atoms with Crippen LogP contribution in [0.2, 0.25) is 0 Å². The van der Waals surface area contributed by atoms with E-state index in [1.807, 2.05) is 36.4 Å². The Bertz CT molecular complexity index is 1400. The number of rotatable bonds is 6. The average molecular weight is 527 g/mol. The Morgan fingerprint density at radius 2 is 1.44 bits per heavy atom. The monoisotopic (exact) mass is 526 g/mol. The molecule has 6 rings (SSSR count). The SMILES string of the molecule is O=C(NCC1(C(=O)ON2C(=O)c3ccccc3C2=O)CCCOC1)OCC1c2ccccc2-c2ccccc21. The smallest absolute Gasteiger partial charge is 0.407 e. The van der Waals surface area contributed by atoms with E-state index in [1.165, 1.54) is 12.1 Å². The third kappa shape index (κ3) is 4.34. The Labute approximate surface area is 224 Å². The molecule has 1 saturated heterocycles. The molecule has 1 aliphatic carbocycles. The molecule has 3 amide bonds. The Balaban J connectivity index is 1.11. The molecule has 0 radical (unpaired) electrons. The van der Waals surface area contributed by atoms with Gasteiger partial charge in [0.15, 0.2) is 0 Å². The van der Waals surface area contributed by atoms with Gasteiger partial charge in [-0.2, -0.15) is 0 Å². The first-order chi connectivity index (χ1) is 19.0. The minimum atomic E-state index is -1.28. The van der Waals surface area contributed by atoms with Crippen molar-refractivity contribution in [2.45, 2.75) is 18.8 Å².